The van der Waals surface area contributed by atoms with Crippen LogP contribution in [-0.2, 0) is 0 Å². The van der Waals surface area contributed by atoms with Crippen LogP contribution in [0.2, 0.25) is 10.0 Å². The predicted molar refractivity (Wildman–Crippen MR) is 61.5 cm³/mol. The summed E-state index contributed by atoms with van der Waals surface area (Å²) in [6.45, 7) is 0.485. The maximum Gasteiger partial charge on any atom is 0.144 e. The zero-order valence-corrected chi connectivity index (χ0v) is 9.59. The zero-order valence-electron chi connectivity index (χ0n) is 8.08. The van der Waals surface area contributed by atoms with Crippen molar-refractivity contribution < 1.29 is 5.11 Å². The van der Waals surface area contributed by atoms with Gasteiger partial charge in [-0.2, -0.15) is 0 Å². The van der Waals surface area contributed by atoms with Crippen molar-refractivity contribution in [3.8, 4) is 0 Å². The number of rotatable bonds is 4. The van der Waals surface area contributed by atoms with Gasteiger partial charge in [0.15, 0.2) is 0 Å². The Kier molecular flexibility index (Phi) is 3.34. The molecule has 1 aromatic rings. The van der Waals surface area contributed by atoms with E-state index in [1.54, 1.807) is 6.07 Å². The van der Waals surface area contributed by atoms with Gasteiger partial charge in [0, 0.05) is 12.7 Å². The molecule has 0 amide bonds. The largest absolute Gasteiger partial charge is 0.391 e. The summed E-state index contributed by atoms with van der Waals surface area (Å²) in [5, 5.41) is 13.6. The van der Waals surface area contributed by atoms with Crippen molar-refractivity contribution >= 4 is 29.0 Å². The number of anilines is 1. The minimum atomic E-state index is -0.307. The molecule has 2 N–H and O–H groups in total. The second-order valence-electron chi connectivity index (χ2n) is 3.77. The lowest BCUT2D eigenvalue weighted by atomic mass is 10.2. The molecule has 0 radical (unpaired) electrons. The average molecular weight is 247 g/mol. The molecule has 1 unspecified atom stereocenters. The molecular weight excluding hydrogens is 235 g/mol. The molecule has 2 rings (SSSR count). The Hall–Kier alpha value is -0.510. The van der Waals surface area contributed by atoms with Crippen LogP contribution in [0, 0.1) is 5.92 Å². The molecule has 1 heterocycles. The first-order valence-electron chi connectivity index (χ1n) is 4.90. The SMILES string of the molecule is OC(CNc1ncc(Cl)cc1Cl)C1CC1. The monoisotopic (exact) mass is 246 g/mol. The summed E-state index contributed by atoms with van der Waals surface area (Å²) in [5.41, 5.74) is 0. The maximum atomic E-state index is 9.64. The summed E-state index contributed by atoms with van der Waals surface area (Å²) in [7, 11) is 0. The number of aliphatic hydroxyl groups is 1. The van der Waals surface area contributed by atoms with E-state index in [1.165, 1.54) is 6.20 Å². The van der Waals surface area contributed by atoms with E-state index in [4.69, 9.17) is 23.2 Å². The third-order valence-electron chi connectivity index (χ3n) is 2.45. The molecule has 1 aromatic heterocycles. The fourth-order valence-corrected chi connectivity index (χ4v) is 1.84. The van der Waals surface area contributed by atoms with E-state index >= 15 is 0 Å². The number of nitrogens with zero attached hydrogens (tertiary/aromatic N) is 1. The van der Waals surface area contributed by atoms with Crippen molar-refractivity contribution in [3.63, 3.8) is 0 Å². The van der Waals surface area contributed by atoms with Gasteiger partial charge in [-0.1, -0.05) is 23.2 Å². The van der Waals surface area contributed by atoms with Crippen LogP contribution in [-0.4, -0.2) is 22.7 Å². The molecule has 1 fully saturated rings. The number of aromatic nitrogens is 1. The van der Waals surface area contributed by atoms with Crippen LogP contribution in [0.15, 0.2) is 12.3 Å². The highest BCUT2D eigenvalue weighted by Gasteiger charge is 2.29. The molecule has 1 aliphatic carbocycles. The lowest BCUT2D eigenvalue weighted by molar-refractivity contribution is 0.164. The first kappa shape index (κ1) is 11.0. The predicted octanol–water partition coefficient (Wildman–Crippen LogP) is 2.57. The van der Waals surface area contributed by atoms with E-state index in [-0.39, 0.29) is 6.10 Å². The van der Waals surface area contributed by atoms with Crippen LogP contribution in [0.4, 0.5) is 5.82 Å². The van der Waals surface area contributed by atoms with Crippen molar-refractivity contribution in [2.45, 2.75) is 18.9 Å². The Labute approximate surface area is 98.4 Å². The van der Waals surface area contributed by atoms with Crippen molar-refractivity contribution in [1.29, 1.82) is 0 Å². The van der Waals surface area contributed by atoms with Gasteiger partial charge in [-0.15, -0.1) is 0 Å². The minimum absolute atomic E-state index is 0.307. The van der Waals surface area contributed by atoms with Crippen LogP contribution >= 0.6 is 23.2 Å². The lowest BCUT2D eigenvalue weighted by Gasteiger charge is -2.11. The summed E-state index contributed by atoms with van der Waals surface area (Å²) in [6, 6.07) is 1.63. The molecule has 1 atom stereocenters. The lowest BCUT2D eigenvalue weighted by Crippen LogP contribution is -2.21. The molecule has 0 spiro atoms. The Morgan fingerprint density at radius 3 is 2.87 bits per heavy atom. The van der Waals surface area contributed by atoms with Gasteiger partial charge >= 0.3 is 0 Å². The fourth-order valence-electron chi connectivity index (χ4n) is 1.39. The minimum Gasteiger partial charge on any atom is -0.391 e. The first-order valence-corrected chi connectivity index (χ1v) is 5.65. The highest BCUT2D eigenvalue weighted by Crippen LogP contribution is 2.32. The molecule has 1 saturated carbocycles. The molecular formula is C10H12Cl2N2O. The topological polar surface area (TPSA) is 45.1 Å². The highest BCUT2D eigenvalue weighted by atomic mass is 35.5. The number of pyridine rings is 1. The van der Waals surface area contributed by atoms with E-state index in [0.717, 1.165) is 12.8 Å². The Morgan fingerprint density at radius 2 is 2.27 bits per heavy atom. The van der Waals surface area contributed by atoms with Gasteiger partial charge in [-0.25, -0.2) is 4.98 Å². The van der Waals surface area contributed by atoms with Crippen molar-refractivity contribution in [3.05, 3.63) is 22.3 Å². The summed E-state index contributed by atoms with van der Waals surface area (Å²) in [5.74, 6) is 1.02. The van der Waals surface area contributed by atoms with Gasteiger partial charge < -0.3 is 10.4 Å². The van der Waals surface area contributed by atoms with Crippen molar-refractivity contribution in [2.24, 2.45) is 5.92 Å². The van der Waals surface area contributed by atoms with Crippen LogP contribution < -0.4 is 5.32 Å². The quantitative estimate of drug-likeness (QED) is 0.859. The maximum absolute atomic E-state index is 9.64. The Balaban J connectivity index is 1.92. The van der Waals surface area contributed by atoms with Crippen LogP contribution in [0.1, 0.15) is 12.8 Å². The molecule has 15 heavy (non-hydrogen) atoms. The summed E-state index contributed by atoms with van der Waals surface area (Å²) >= 11 is 11.6. The van der Waals surface area contributed by atoms with Crippen molar-refractivity contribution in [2.75, 3.05) is 11.9 Å². The fraction of sp³-hybridized carbons (Fsp3) is 0.500. The van der Waals surface area contributed by atoms with E-state index in [9.17, 15) is 5.11 Å². The molecule has 0 saturated heterocycles. The smallest absolute Gasteiger partial charge is 0.144 e. The van der Waals surface area contributed by atoms with Crippen LogP contribution in [0.25, 0.3) is 0 Å². The molecule has 3 nitrogen and oxygen atoms in total. The number of halogens is 2. The standard InChI is InChI=1S/C10H12Cl2N2O/c11-7-3-8(12)10(13-4-7)14-5-9(15)6-1-2-6/h3-4,6,9,15H,1-2,5H2,(H,13,14). The van der Waals surface area contributed by atoms with Gasteiger partial charge in [0.1, 0.15) is 5.82 Å². The number of aliphatic hydroxyl groups excluding tert-OH is 1. The third kappa shape index (κ3) is 2.97. The molecule has 0 aromatic carbocycles. The molecule has 0 aliphatic heterocycles. The molecule has 0 bridgehead atoms. The van der Waals surface area contributed by atoms with E-state index < -0.39 is 0 Å². The Bertz CT molecular complexity index is 355. The van der Waals surface area contributed by atoms with Gasteiger partial charge in [0.05, 0.1) is 16.1 Å². The van der Waals surface area contributed by atoms with E-state index in [1.807, 2.05) is 0 Å². The van der Waals surface area contributed by atoms with Gasteiger partial charge in [0.25, 0.3) is 0 Å². The highest BCUT2D eigenvalue weighted by molar-refractivity contribution is 6.35. The summed E-state index contributed by atoms with van der Waals surface area (Å²) in [6.07, 6.45) is 3.45. The third-order valence-corrected chi connectivity index (χ3v) is 2.95. The molecule has 5 heteroatoms. The second-order valence-corrected chi connectivity index (χ2v) is 4.61. The van der Waals surface area contributed by atoms with Crippen LogP contribution in [0.5, 0.6) is 0 Å². The normalized spacial score (nSPS) is 17.5. The van der Waals surface area contributed by atoms with E-state index in [0.29, 0.717) is 28.3 Å². The van der Waals surface area contributed by atoms with Gasteiger partial charge in [-0.05, 0) is 24.8 Å². The summed E-state index contributed by atoms with van der Waals surface area (Å²) < 4.78 is 0. The molecule has 82 valence electrons. The number of hydrogen-bond donors (Lipinski definition) is 2. The number of hydrogen-bond acceptors (Lipinski definition) is 3. The Morgan fingerprint density at radius 1 is 1.53 bits per heavy atom. The average Bonchev–Trinajstić information content (AvgIpc) is 2.99. The van der Waals surface area contributed by atoms with Gasteiger partial charge in [0.2, 0.25) is 0 Å². The van der Waals surface area contributed by atoms with Crippen LogP contribution in [0.3, 0.4) is 0 Å². The first-order chi connectivity index (χ1) is 7.16. The summed E-state index contributed by atoms with van der Waals surface area (Å²) in [4.78, 5) is 4.04. The van der Waals surface area contributed by atoms with Gasteiger partial charge in [-0.3, -0.25) is 0 Å². The number of nitrogens with one attached hydrogen (secondary N) is 1. The van der Waals surface area contributed by atoms with Crippen molar-refractivity contribution in [1.82, 2.24) is 4.98 Å². The second kappa shape index (κ2) is 4.56. The van der Waals surface area contributed by atoms with E-state index in [2.05, 4.69) is 10.3 Å². The molecule has 1 aliphatic rings. The zero-order chi connectivity index (χ0) is 10.8.